The molecule has 0 aromatic heterocycles. The van der Waals surface area contributed by atoms with Gasteiger partial charge in [-0.25, -0.2) is 8.78 Å². The number of allylic oxidation sites excluding steroid dienone is 1. The van der Waals surface area contributed by atoms with Crippen molar-refractivity contribution in [2.75, 3.05) is 0 Å². The van der Waals surface area contributed by atoms with Gasteiger partial charge in [0.1, 0.15) is 11.6 Å². The van der Waals surface area contributed by atoms with E-state index in [9.17, 15) is 8.78 Å². The summed E-state index contributed by atoms with van der Waals surface area (Å²) in [6, 6.07) is 18.2. The largest absolute Gasteiger partial charge is 0.205 e. The summed E-state index contributed by atoms with van der Waals surface area (Å²) in [6.45, 7) is 5.84. The van der Waals surface area contributed by atoms with Gasteiger partial charge in [-0.3, -0.25) is 0 Å². The Morgan fingerprint density at radius 3 is 1.97 bits per heavy atom. The minimum Gasteiger partial charge on any atom is -0.205 e. The second-order valence-electron chi connectivity index (χ2n) is 7.04. The molecule has 0 fully saturated rings. The maximum absolute atomic E-state index is 14.6. The lowest BCUT2D eigenvalue weighted by Crippen LogP contribution is -1.93. The lowest BCUT2D eigenvalue weighted by Gasteiger charge is -2.06. The highest BCUT2D eigenvalue weighted by Gasteiger charge is 2.10. The Labute approximate surface area is 171 Å². The van der Waals surface area contributed by atoms with E-state index in [0.717, 1.165) is 36.8 Å². The maximum atomic E-state index is 14.6. The molecule has 146 valence electrons. The molecule has 0 aliphatic rings. The van der Waals surface area contributed by atoms with Gasteiger partial charge in [0.2, 0.25) is 0 Å². The quantitative estimate of drug-likeness (QED) is 0.313. The van der Waals surface area contributed by atoms with Gasteiger partial charge in [-0.2, -0.15) is 0 Å². The zero-order chi connectivity index (χ0) is 20.6. The molecule has 0 saturated carbocycles. The van der Waals surface area contributed by atoms with Crippen LogP contribution in [0.2, 0.25) is 0 Å². The molecule has 0 unspecified atom stereocenters. The molecule has 0 saturated heterocycles. The lowest BCUT2D eigenvalue weighted by atomic mass is 10.00. The molecule has 3 aromatic rings. The molecule has 29 heavy (non-hydrogen) atoms. The van der Waals surface area contributed by atoms with E-state index in [-0.39, 0.29) is 5.56 Å². The summed E-state index contributed by atoms with van der Waals surface area (Å²) in [5.74, 6) is 4.22. The normalized spacial score (nSPS) is 10.3. The van der Waals surface area contributed by atoms with Crippen molar-refractivity contribution in [2.45, 2.75) is 32.6 Å². The zero-order valence-electron chi connectivity index (χ0n) is 16.6. The molecule has 3 aromatic carbocycles. The van der Waals surface area contributed by atoms with Crippen molar-refractivity contribution in [3.05, 3.63) is 107 Å². The molecule has 0 N–H and O–H groups in total. The van der Waals surface area contributed by atoms with Gasteiger partial charge in [-0.1, -0.05) is 67.7 Å². The van der Waals surface area contributed by atoms with Crippen molar-refractivity contribution in [1.82, 2.24) is 0 Å². The van der Waals surface area contributed by atoms with Crippen LogP contribution in [0.5, 0.6) is 0 Å². The van der Waals surface area contributed by atoms with Crippen molar-refractivity contribution < 1.29 is 8.78 Å². The third-order valence-electron chi connectivity index (χ3n) is 4.79. The fourth-order valence-corrected chi connectivity index (χ4v) is 3.17. The number of halogens is 2. The lowest BCUT2D eigenvalue weighted by molar-refractivity contribution is 0.578. The molecule has 0 atom stereocenters. The minimum absolute atomic E-state index is 0.200. The van der Waals surface area contributed by atoms with Gasteiger partial charge in [-0.05, 0) is 65.8 Å². The Morgan fingerprint density at radius 2 is 1.38 bits per heavy atom. The maximum Gasteiger partial charge on any atom is 0.142 e. The van der Waals surface area contributed by atoms with Gasteiger partial charge in [0.25, 0.3) is 0 Å². The van der Waals surface area contributed by atoms with Crippen molar-refractivity contribution >= 4 is 0 Å². The molecule has 0 nitrogen and oxygen atoms in total. The van der Waals surface area contributed by atoms with Crippen molar-refractivity contribution in [3.63, 3.8) is 0 Å². The van der Waals surface area contributed by atoms with Crippen LogP contribution < -0.4 is 0 Å². The number of hydrogen-bond acceptors (Lipinski definition) is 0. The van der Waals surface area contributed by atoms with E-state index in [1.165, 1.54) is 23.3 Å². The Kier molecular flexibility index (Phi) is 6.98. The predicted molar refractivity (Wildman–Crippen MR) is 117 cm³/mol. The van der Waals surface area contributed by atoms with E-state index in [4.69, 9.17) is 0 Å². The first-order valence-corrected chi connectivity index (χ1v) is 9.91. The highest BCUT2D eigenvalue weighted by molar-refractivity contribution is 5.65. The Bertz CT molecular complexity index is 1010. The van der Waals surface area contributed by atoms with Crippen molar-refractivity contribution in [2.24, 2.45) is 0 Å². The Balaban J connectivity index is 1.82. The smallest absolute Gasteiger partial charge is 0.142 e. The van der Waals surface area contributed by atoms with Gasteiger partial charge < -0.3 is 0 Å². The van der Waals surface area contributed by atoms with Crippen LogP contribution in [0.15, 0.2) is 73.3 Å². The monoisotopic (exact) mass is 386 g/mol. The number of rotatable bonds is 6. The first kappa shape index (κ1) is 20.6. The average Bonchev–Trinajstić information content (AvgIpc) is 2.73. The van der Waals surface area contributed by atoms with Crippen LogP contribution >= 0.6 is 0 Å². The summed E-state index contributed by atoms with van der Waals surface area (Å²) < 4.78 is 29.1. The number of benzene rings is 3. The molecule has 0 spiro atoms. The van der Waals surface area contributed by atoms with Gasteiger partial charge in [-0.15, -0.1) is 6.58 Å². The van der Waals surface area contributed by atoms with Gasteiger partial charge >= 0.3 is 0 Å². The zero-order valence-corrected chi connectivity index (χ0v) is 16.6. The summed E-state index contributed by atoms with van der Waals surface area (Å²) in [6.07, 6.45) is 5.76. The van der Waals surface area contributed by atoms with Gasteiger partial charge in [0.05, 0.1) is 5.56 Å². The van der Waals surface area contributed by atoms with Crippen molar-refractivity contribution in [3.8, 4) is 23.0 Å². The number of hydrogen-bond donors (Lipinski definition) is 0. The van der Waals surface area contributed by atoms with Crippen LogP contribution in [0.1, 0.15) is 42.0 Å². The van der Waals surface area contributed by atoms with Gasteiger partial charge in [0, 0.05) is 5.56 Å². The van der Waals surface area contributed by atoms with Crippen LogP contribution in [-0.2, 0) is 12.8 Å². The Hall–Kier alpha value is -3.18. The third kappa shape index (κ3) is 5.42. The third-order valence-corrected chi connectivity index (χ3v) is 4.79. The minimum atomic E-state index is -0.647. The topological polar surface area (TPSA) is 0 Å². The summed E-state index contributed by atoms with van der Waals surface area (Å²) in [4.78, 5) is 0. The fourth-order valence-electron chi connectivity index (χ4n) is 3.17. The van der Waals surface area contributed by atoms with E-state index in [2.05, 4.69) is 25.3 Å². The van der Waals surface area contributed by atoms with Crippen LogP contribution in [0, 0.1) is 23.5 Å². The van der Waals surface area contributed by atoms with Crippen LogP contribution in [0.3, 0.4) is 0 Å². The highest BCUT2D eigenvalue weighted by Crippen LogP contribution is 2.25. The average molecular weight is 386 g/mol. The molecule has 0 amide bonds. The predicted octanol–water partition coefficient (Wildman–Crippen LogP) is 7.10. The first-order chi connectivity index (χ1) is 14.1. The fraction of sp³-hybridized carbons (Fsp3) is 0.185. The van der Waals surface area contributed by atoms with Crippen LogP contribution in [-0.4, -0.2) is 0 Å². The Morgan fingerprint density at radius 1 is 0.793 bits per heavy atom. The summed E-state index contributed by atoms with van der Waals surface area (Å²) >= 11 is 0. The van der Waals surface area contributed by atoms with Crippen LogP contribution in [0.4, 0.5) is 8.78 Å². The van der Waals surface area contributed by atoms with E-state index in [1.807, 2.05) is 54.6 Å². The molecule has 2 heteroatoms. The molecule has 3 rings (SSSR count). The van der Waals surface area contributed by atoms with Gasteiger partial charge in [0.15, 0.2) is 0 Å². The molecular weight excluding hydrogens is 362 g/mol. The molecule has 0 aliphatic heterocycles. The summed E-state index contributed by atoms with van der Waals surface area (Å²) in [5, 5.41) is 0. The standard InChI is InChI=1S/C27H24F2/c1-3-5-7-21-12-15-23(16-13-21)24-18-26(28)25(27(29)19-24)17-14-22-10-8-20(6-4-2)9-11-22/h3,8-13,15-16,18-19H,1,4-7H2,2H3. The SMILES string of the molecule is C=CCCc1ccc(-c2cc(F)c(C#Cc3ccc(CCC)cc3)c(F)c2)cc1. The van der Waals surface area contributed by atoms with E-state index >= 15 is 0 Å². The molecular formula is C27H24F2. The number of aryl methyl sites for hydroxylation is 2. The summed E-state index contributed by atoms with van der Waals surface area (Å²) in [5.41, 5.74) is 4.22. The van der Waals surface area contributed by atoms with Crippen molar-refractivity contribution in [1.29, 1.82) is 0 Å². The van der Waals surface area contributed by atoms with Crippen LogP contribution in [0.25, 0.3) is 11.1 Å². The highest BCUT2D eigenvalue weighted by atomic mass is 19.1. The molecule has 0 aliphatic carbocycles. The second-order valence-corrected chi connectivity index (χ2v) is 7.04. The first-order valence-electron chi connectivity index (χ1n) is 9.91. The molecule has 0 heterocycles. The van der Waals surface area contributed by atoms with E-state index in [0.29, 0.717) is 5.56 Å². The molecule has 0 bridgehead atoms. The summed E-state index contributed by atoms with van der Waals surface area (Å²) in [7, 11) is 0. The van der Waals surface area contributed by atoms with E-state index < -0.39 is 11.6 Å². The second kappa shape index (κ2) is 9.85. The molecule has 0 radical (unpaired) electrons. The van der Waals surface area contributed by atoms with E-state index in [1.54, 1.807) is 0 Å².